The minimum absolute atomic E-state index is 0.0429. The van der Waals surface area contributed by atoms with Gasteiger partial charge in [0, 0.05) is 18.8 Å². The highest BCUT2D eigenvalue weighted by atomic mass is 32.2. The quantitative estimate of drug-likeness (QED) is 0.449. The van der Waals surface area contributed by atoms with E-state index >= 15 is 0 Å². The Labute approximate surface area is 195 Å². The Kier molecular flexibility index (Phi) is 7.45. The molecule has 0 radical (unpaired) electrons. The van der Waals surface area contributed by atoms with E-state index in [-0.39, 0.29) is 16.5 Å². The van der Waals surface area contributed by atoms with Crippen LogP contribution in [-0.4, -0.2) is 44.3 Å². The molecule has 35 heavy (non-hydrogen) atoms. The van der Waals surface area contributed by atoms with E-state index in [2.05, 4.69) is 0 Å². The predicted octanol–water partition coefficient (Wildman–Crippen LogP) is 4.30. The summed E-state index contributed by atoms with van der Waals surface area (Å²) in [6.45, 7) is -0.237. The third-order valence-electron chi connectivity index (χ3n) is 5.00. The number of ether oxygens (including phenoxy) is 1. The van der Waals surface area contributed by atoms with Crippen molar-refractivity contribution in [2.24, 2.45) is 0 Å². The van der Waals surface area contributed by atoms with Crippen LogP contribution in [0.2, 0.25) is 0 Å². The second-order valence-corrected chi connectivity index (χ2v) is 9.49. The minimum atomic E-state index is -5.10. The maximum atomic E-state index is 12.9. The van der Waals surface area contributed by atoms with Crippen LogP contribution in [0, 0.1) is 0 Å². The fourth-order valence-electron chi connectivity index (χ4n) is 3.28. The molecule has 0 saturated carbocycles. The van der Waals surface area contributed by atoms with Gasteiger partial charge in [0.2, 0.25) is 10.0 Å². The lowest BCUT2D eigenvalue weighted by Crippen LogP contribution is -2.27. The number of amides is 1. The summed E-state index contributed by atoms with van der Waals surface area (Å²) in [7, 11) is -3.71. The normalized spacial score (nSPS) is 15.1. The van der Waals surface area contributed by atoms with Gasteiger partial charge in [0.15, 0.2) is 6.61 Å². The summed E-state index contributed by atoms with van der Waals surface area (Å²) >= 11 is 0. The van der Waals surface area contributed by atoms with Crippen molar-refractivity contribution in [3.05, 3.63) is 59.2 Å². The fourth-order valence-corrected chi connectivity index (χ4v) is 4.80. The topological polar surface area (TPSA) is 92.8 Å². The third kappa shape index (κ3) is 6.51. The van der Waals surface area contributed by atoms with Crippen LogP contribution in [0.3, 0.4) is 0 Å². The lowest BCUT2D eigenvalue weighted by molar-refractivity contribution is -0.143. The highest BCUT2D eigenvalue weighted by molar-refractivity contribution is 7.89. The average molecular weight is 524 g/mol. The van der Waals surface area contributed by atoms with Gasteiger partial charge in [0.25, 0.3) is 5.91 Å². The second-order valence-electron chi connectivity index (χ2n) is 7.55. The molecule has 0 spiro atoms. The van der Waals surface area contributed by atoms with Crippen molar-refractivity contribution in [3.63, 3.8) is 0 Å². The summed E-state index contributed by atoms with van der Waals surface area (Å²) < 4.78 is 109. The number of anilines is 1. The number of hydrogen-bond donors (Lipinski definition) is 1. The standard InChI is InChI=1S/C21H18F6N2O5S/c22-20(23,24)14-9-15(21(25,26)27)11-16(10-14)28-18(30)12-34-19(31)13-3-5-17(6-4-13)35(32,33)29-7-1-2-8-29/h3-6,9-11H,1-2,7-8,12H2,(H,28,30). The van der Waals surface area contributed by atoms with Gasteiger partial charge in [0.05, 0.1) is 21.6 Å². The van der Waals surface area contributed by atoms with Crippen molar-refractivity contribution in [1.82, 2.24) is 4.31 Å². The molecule has 1 N–H and O–H groups in total. The molecule has 1 amide bonds. The van der Waals surface area contributed by atoms with Crippen LogP contribution >= 0.6 is 0 Å². The molecular formula is C21H18F6N2O5S. The molecule has 3 rings (SSSR count). The Bertz CT molecular complexity index is 1170. The molecule has 7 nitrogen and oxygen atoms in total. The Morgan fingerprint density at radius 1 is 0.886 bits per heavy atom. The first-order valence-corrected chi connectivity index (χ1v) is 11.5. The van der Waals surface area contributed by atoms with Crippen molar-refractivity contribution < 1.29 is 49.1 Å². The predicted molar refractivity (Wildman–Crippen MR) is 110 cm³/mol. The molecule has 0 aromatic heterocycles. The van der Waals surface area contributed by atoms with Crippen molar-refractivity contribution >= 4 is 27.6 Å². The van der Waals surface area contributed by atoms with Gasteiger partial charge in [-0.25, -0.2) is 13.2 Å². The molecule has 1 fully saturated rings. The number of benzene rings is 2. The van der Waals surface area contributed by atoms with Gasteiger partial charge in [-0.05, 0) is 55.3 Å². The van der Waals surface area contributed by atoms with Gasteiger partial charge < -0.3 is 10.1 Å². The van der Waals surface area contributed by atoms with Gasteiger partial charge in [-0.2, -0.15) is 30.6 Å². The Morgan fingerprint density at radius 3 is 1.89 bits per heavy atom. The van der Waals surface area contributed by atoms with Crippen molar-refractivity contribution in [2.45, 2.75) is 30.1 Å². The zero-order valence-corrected chi connectivity index (χ0v) is 18.6. The van der Waals surface area contributed by atoms with Gasteiger partial charge >= 0.3 is 18.3 Å². The van der Waals surface area contributed by atoms with Crippen LogP contribution < -0.4 is 5.32 Å². The van der Waals surface area contributed by atoms with Crippen molar-refractivity contribution in [3.8, 4) is 0 Å². The number of sulfonamides is 1. The maximum Gasteiger partial charge on any atom is 0.416 e. The van der Waals surface area contributed by atoms with Gasteiger partial charge in [-0.15, -0.1) is 0 Å². The Hall–Kier alpha value is -3.13. The zero-order valence-electron chi connectivity index (χ0n) is 17.7. The SMILES string of the molecule is O=C(COC(=O)c1ccc(S(=O)(=O)N2CCCC2)cc1)Nc1cc(C(F)(F)F)cc(C(F)(F)F)c1. The molecule has 2 aromatic rings. The van der Waals surface area contributed by atoms with E-state index in [1.807, 2.05) is 5.32 Å². The number of halogens is 6. The minimum Gasteiger partial charge on any atom is -0.452 e. The van der Waals surface area contributed by atoms with E-state index in [1.165, 1.54) is 16.4 Å². The summed E-state index contributed by atoms with van der Waals surface area (Å²) in [6, 6.07) is 5.22. The van der Waals surface area contributed by atoms with Crippen LogP contribution in [0.5, 0.6) is 0 Å². The van der Waals surface area contributed by atoms with Crippen molar-refractivity contribution in [1.29, 1.82) is 0 Å². The summed E-state index contributed by atoms with van der Waals surface area (Å²) in [5, 5.41) is 1.83. The van der Waals surface area contributed by atoms with E-state index in [9.17, 15) is 44.3 Å². The highest BCUT2D eigenvalue weighted by Crippen LogP contribution is 2.37. The first-order chi connectivity index (χ1) is 16.2. The lowest BCUT2D eigenvalue weighted by Gasteiger charge is -2.15. The number of rotatable bonds is 6. The van der Waals surface area contributed by atoms with Gasteiger partial charge in [-0.1, -0.05) is 0 Å². The van der Waals surface area contributed by atoms with E-state index in [4.69, 9.17) is 4.74 Å². The molecule has 1 heterocycles. The Balaban J connectivity index is 1.64. The summed E-state index contributed by atoms with van der Waals surface area (Å²) in [5.41, 5.74) is -4.14. The molecule has 1 saturated heterocycles. The molecule has 2 aromatic carbocycles. The highest BCUT2D eigenvalue weighted by Gasteiger charge is 2.37. The van der Waals surface area contributed by atoms with Gasteiger partial charge in [0.1, 0.15) is 0 Å². The molecule has 1 aliphatic rings. The number of nitrogens with one attached hydrogen (secondary N) is 1. The summed E-state index contributed by atoms with van der Waals surface area (Å²) in [5.74, 6) is -2.23. The number of carbonyl (C=O) groups excluding carboxylic acids is 2. The van der Waals surface area contributed by atoms with E-state index < -0.39 is 57.7 Å². The maximum absolute atomic E-state index is 12.9. The van der Waals surface area contributed by atoms with Crippen LogP contribution in [0.1, 0.15) is 34.3 Å². The van der Waals surface area contributed by atoms with Crippen LogP contribution in [0.4, 0.5) is 32.0 Å². The smallest absolute Gasteiger partial charge is 0.416 e. The van der Waals surface area contributed by atoms with E-state index in [0.29, 0.717) is 25.2 Å². The molecule has 0 bridgehead atoms. The molecule has 14 heteroatoms. The summed E-state index contributed by atoms with van der Waals surface area (Å²) in [6.07, 6.45) is -8.71. The number of nitrogens with zero attached hydrogens (tertiary/aromatic N) is 1. The molecular weight excluding hydrogens is 506 g/mol. The number of hydrogen-bond acceptors (Lipinski definition) is 5. The molecule has 190 valence electrons. The van der Waals surface area contributed by atoms with Crippen molar-refractivity contribution in [2.75, 3.05) is 25.0 Å². The molecule has 1 aliphatic heterocycles. The molecule has 0 aliphatic carbocycles. The third-order valence-corrected chi connectivity index (χ3v) is 6.91. The van der Waals surface area contributed by atoms with Crippen LogP contribution in [0.15, 0.2) is 47.4 Å². The molecule has 0 unspecified atom stereocenters. The zero-order chi connectivity index (χ0) is 26.0. The number of carbonyl (C=O) groups is 2. The first kappa shape index (κ1) is 26.5. The van der Waals surface area contributed by atoms with E-state index in [1.54, 1.807) is 0 Å². The van der Waals surface area contributed by atoms with Crippen LogP contribution in [0.25, 0.3) is 0 Å². The summed E-state index contributed by atoms with van der Waals surface area (Å²) in [4.78, 5) is 24.1. The first-order valence-electron chi connectivity index (χ1n) is 10.0. The lowest BCUT2D eigenvalue weighted by atomic mass is 10.1. The number of alkyl halides is 6. The Morgan fingerprint density at radius 2 is 1.40 bits per heavy atom. The van der Waals surface area contributed by atoms with Crippen LogP contribution in [-0.2, 0) is 31.9 Å². The number of esters is 1. The van der Waals surface area contributed by atoms with Gasteiger partial charge in [-0.3, -0.25) is 4.79 Å². The largest absolute Gasteiger partial charge is 0.452 e. The fraction of sp³-hybridized carbons (Fsp3) is 0.333. The second kappa shape index (κ2) is 9.85. The monoisotopic (exact) mass is 524 g/mol. The van der Waals surface area contributed by atoms with E-state index in [0.717, 1.165) is 25.0 Å². The molecule has 0 atom stereocenters. The average Bonchev–Trinajstić information content (AvgIpc) is 3.32.